The van der Waals surface area contributed by atoms with Crippen LogP contribution in [0.4, 0.5) is 5.69 Å². The van der Waals surface area contributed by atoms with Crippen LogP contribution in [0.5, 0.6) is 23.0 Å². The van der Waals surface area contributed by atoms with Gasteiger partial charge in [0, 0.05) is 12.1 Å². The highest BCUT2D eigenvalue weighted by molar-refractivity contribution is 6.32. The van der Waals surface area contributed by atoms with Crippen LogP contribution in [0.1, 0.15) is 15.9 Å². The molecule has 2 aromatic rings. The molecule has 0 aromatic heterocycles. The van der Waals surface area contributed by atoms with Crippen LogP contribution in [0.25, 0.3) is 6.08 Å². The van der Waals surface area contributed by atoms with Crippen molar-refractivity contribution in [2.24, 2.45) is 5.73 Å². The summed E-state index contributed by atoms with van der Waals surface area (Å²) in [5, 5.41) is 2.98. The molecule has 0 saturated carbocycles. The molecule has 0 radical (unpaired) electrons. The third-order valence-corrected chi connectivity index (χ3v) is 4.20. The van der Waals surface area contributed by atoms with Crippen molar-refractivity contribution < 1.29 is 28.5 Å². The Morgan fingerprint density at radius 2 is 1.86 bits per heavy atom. The number of anilines is 1. The molecule has 2 aromatic carbocycles. The van der Waals surface area contributed by atoms with Crippen molar-refractivity contribution in [2.75, 3.05) is 26.3 Å². The van der Waals surface area contributed by atoms with Crippen LogP contribution in [-0.4, -0.2) is 32.8 Å². The molecule has 0 aliphatic carbocycles. The quantitative estimate of drug-likeness (QED) is 0.716. The van der Waals surface area contributed by atoms with E-state index in [0.29, 0.717) is 33.6 Å². The second-order valence-electron chi connectivity index (χ2n) is 5.68. The fourth-order valence-corrected chi connectivity index (χ4v) is 2.89. The second-order valence-corrected chi connectivity index (χ2v) is 6.08. The molecule has 1 aliphatic rings. The summed E-state index contributed by atoms with van der Waals surface area (Å²) in [6.07, 6.45) is 2.84. The Kier molecular flexibility index (Phi) is 5.60. The van der Waals surface area contributed by atoms with Crippen LogP contribution >= 0.6 is 11.6 Å². The van der Waals surface area contributed by atoms with Crippen LogP contribution in [-0.2, 0) is 4.79 Å². The van der Waals surface area contributed by atoms with E-state index < -0.39 is 11.8 Å². The Hall–Kier alpha value is -3.39. The SMILES string of the molecule is COc1cc(NC(=O)/C=C/c2cc(Cl)c3c(c2)OCO3)c(C(N)=O)cc1OC. The number of halogens is 1. The maximum atomic E-state index is 12.3. The van der Waals surface area contributed by atoms with E-state index in [-0.39, 0.29) is 18.0 Å². The molecule has 0 unspecified atom stereocenters. The first-order valence-corrected chi connectivity index (χ1v) is 8.44. The van der Waals surface area contributed by atoms with Crippen LogP contribution in [0, 0.1) is 0 Å². The number of amides is 2. The summed E-state index contributed by atoms with van der Waals surface area (Å²) >= 11 is 6.12. The molecule has 1 aliphatic heterocycles. The molecular formula is C19H17ClN2O6. The van der Waals surface area contributed by atoms with Crippen molar-refractivity contribution in [2.45, 2.75) is 0 Å². The number of rotatable bonds is 6. The molecule has 3 N–H and O–H groups in total. The van der Waals surface area contributed by atoms with E-state index in [9.17, 15) is 9.59 Å². The molecule has 0 fully saturated rings. The Morgan fingerprint density at radius 3 is 2.54 bits per heavy atom. The molecule has 9 heteroatoms. The largest absolute Gasteiger partial charge is 0.493 e. The predicted octanol–water partition coefficient (Wildman–Crippen LogP) is 2.84. The summed E-state index contributed by atoms with van der Waals surface area (Å²) in [7, 11) is 2.87. The van der Waals surface area contributed by atoms with E-state index in [0.717, 1.165) is 0 Å². The number of ether oxygens (including phenoxy) is 4. The van der Waals surface area contributed by atoms with Gasteiger partial charge >= 0.3 is 0 Å². The van der Waals surface area contributed by atoms with Gasteiger partial charge in [-0.2, -0.15) is 0 Å². The third kappa shape index (κ3) is 3.96. The van der Waals surface area contributed by atoms with Crippen molar-refractivity contribution >= 4 is 35.2 Å². The van der Waals surface area contributed by atoms with Crippen molar-refractivity contribution in [1.82, 2.24) is 0 Å². The number of carbonyl (C=O) groups excluding carboxylic acids is 2. The number of methoxy groups -OCH3 is 2. The maximum absolute atomic E-state index is 12.3. The number of hydrogen-bond donors (Lipinski definition) is 2. The van der Waals surface area contributed by atoms with Gasteiger partial charge in [-0.1, -0.05) is 11.6 Å². The normalized spacial score (nSPS) is 12.1. The van der Waals surface area contributed by atoms with E-state index >= 15 is 0 Å². The molecule has 0 saturated heterocycles. The number of nitrogens with one attached hydrogen (secondary N) is 1. The lowest BCUT2D eigenvalue weighted by molar-refractivity contribution is -0.111. The molecule has 0 atom stereocenters. The number of fused-ring (bicyclic) bond motifs is 1. The number of primary amides is 1. The first-order valence-electron chi connectivity index (χ1n) is 8.07. The van der Waals surface area contributed by atoms with Crippen molar-refractivity contribution in [3.05, 3.63) is 46.5 Å². The number of carbonyl (C=O) groups is 2. The monoisotopic (exact) mass is 404 g/mol. The molecule has 8 nitrogen and oxygen atoms in total. The van der Waals surface area contributed by atoms with Crippen LogP contribution in [0.2, 0.25) is 5.02 Å². The third-order valence-electron chi connectivity index (χ3n) is 3.92. The summed E-state index contributed by atoms with van der Waals surface area (Å²) in [5.74, 6) is 0.434. The van der Waals surface area contributed by atoms with Gasteiger partial charge in [0.25, 0.3) is 5.91 Å². The lowest BCUT2D eigenvalue weighted by Gasteiger charge is -2.13. The Labute approximate surface area is 165 Å². The lowest BCUT2D eigenvalue weighted by atomic mass is 10.1. The van der Waals surface area contributed by atoms with Crippen LogP contribution in [0.15, 0.2) is 30.3 Å². The zero-order valence-corrected chi connectivity index (χ0v) is 15.8. The molecule has 28 heavy (non-hydrogen) atoms. The molecule has 0 spiro atoms. The van der Waals surface area contributed by atoms with Gasteiger partial charge in [-0.3, -0.25) is 9.59 Å². The van der Waals surface area contributed by atoms with Crippen LogP contribution < -0.4 is 30.0 Å². The van der Waals surface area contributed by atoms with Crippen molar-refractivity contribution in [1.29, 1.82) is 0 Å². The average molecular weight is 405 g/mol. The highest BCUT2D eigenvalue weighted by Gasteiger charge is 2.18. The first kappa shape index (κ1) is 19.4. The Balaban J connectivity index is 1.82. The van der Waals surface area contributed by atoms with E-state index in [1.807, 2.05) is 0 Å². The van der Waals surface area contributed by atoms with Crippen molar-refractivity contribution in [3.8, 4) is 23.0 Å². The Bertz CT molecular complexity index is 973. The standard InChI is InChI=1S/C19H17ClN2O6/c1-25-14-7-11(19(21)24)13(8-15(14)26-2)22-17(23)4-3-10-5-12(20)18-16(6-10)27-9-28-18/h3-8H,9H2,1-2H3,(H2,21,24)(H,22,23)/b4-3+. The van der Waals surface area contributed by atoms with Gasteiger partial charge < -0.3 is 30.0 Å². The lowest BCUT2D eigenvalue weighted by Crippen LogP contribution is -2.17. The summed E-state index contributed by atoms with van der Waals surface area (Å²) in [6, 6.07) is 6.20. The van der Waals surface area contributed by atoms with E-state index in [1.165, 1.54) is 32.4 Å². The van der Waals surface area contributed by atoms with E-state index in [2.05, 4.69) is 5.32 Å². The highest BCUT2D eigenvalue weighted by atomic mass is 35.5. The smallest absolute Gasteiger partial charge is 0.250 e. The van der Waals surface area contributed by atoms with E-state index in [1.54, 1.807) is 18.2 Å². The highest BCUT2D eigenvalue weighted by Crippen LogP contribution is 2.40. The predicted molar refractivity (Wildman–Crippen MR) is 103 cm³/mol. The molecule has 0 bridgehead atoms. The van der Waals surface area contributed by atoms with Gasteiger partial charge in [-0.05, 0) is 29.8 Å². The van der Waals surface area contributed by atoms with Crippen molar-refractivity contribution in [3.63, 3.8) is 0 Å². The van der Waals surface area contributed by atoms with Gasteiger partial charge in [0.2, 0.25) is 12.7 Å². The summed E-state index contributed by atoms with van der Waals surface area (Å²) in [5.41, 5.74) is 6.33. The van der Waals surface area contributed by atoms with Gasteiger partial charge in [0.1, 0.15) is 0 Å². The fraction of sp³-hybridized carbons (Fsp3) is 0.158. The maximum Gasteiger partial charge on any atom is 0.250 e. The minimum Gasteiger partial charge on any atom is -0.493 e. The zero-order valence-electron chi connectivity index (χ0n) is 15.1. The van der Waals surface area contributed by atoms with Crippen LogP contribution in [0.3, 0.4) is 0 Å². The van der Waals surface area contributed by atoms with Gasteiger partial charge in [0.15, 0.2) is 23.0 Å². The number of benzene rings is 2. The molecular weight excluding hydrogens is 388 g/mol. The molecule has 146 valence electrons. The number of hydrogen-bond acceptors (Lipinski definition) is 6. The zero-order chi connectivity index (χ0) is 20.3. The summed E-state index contributed by atoms with van der Waals surface area (Å²) in [6.45, 7) is 0.0951. The number of nitrogens with two attached hydrogens (primary N) is 1. The fourth-order valence-electron chi connectivity index (χ4n) is 2.62. The average Bonchev–Trinajstić information content (AvgIpc) is 3.15. The van der Waals surface area contributed by atoms with Gasteiger partial charge in [-0.15, -0.1) is 0 Å². The molecule has 2 amide bonds. The molecule has 1 heterocycles. The van der Waals surface area contributed by atoms with Gasteiger partial charge in [-0.25, -0.2) is 0 Å². The Morgan fingerprint density at radius 1 is 1.14 bits per heavy atom. The minimum atomic E-state index is -0.720. The van der Waals surface area contributed by atoms with E-state index in [4.69, 9.17) is 36.3 Å². The molecule has 3 rings (SSSR count). The first-order chi connectivity index (χ1) is 13.4. The second kappa shape index (κ2) is 8.10. The topological polar surface area (TPSA) is 109 Å². The van der Waals surface area contributed by atoms with Gasteiger partial charge in [0.05, 0.1) is 30.5 Å². The summed E-state index contributed by atoms with van der Waals surface area (Å²) < 4.78 is 20.9. The minimum absolute atomic E-state index is 0.0884. The summed E-state index contributed by atoms with van der Waals surface area (Å²) in [4.78, 5) is 24.0.